The number of carboxylic acid groups (broad SMARTS) is 1. The van der Waals surface area contributed by atoms with Gasteiger partial charge in [0, 0.05) is 32.7 Å². The normalized spacial score (nSPS) is 19.3. The maximum Gasteiger partial charge on any atom is 0.323 e. The monoisotopic (exact) mass is 299 g/mol. The van der Waals surface area contributed by atoms with Gasteiger partial charge in [-0.15, -0.1) is 0 Å². The highest BCUT2D eigenvalue weighted by molar-refractivity contribution is 5.79. The summed E-state index contributed by atoms with van der Waals surface area (Å²) in [4.78, 5) is 16.4. The molecule has 0 spiro atoms. The predicted molar refractivity (Wildman–Crippen MR) is 86.7 cm³/mol. The Kier molecular flexibility index (Phi) is 7.63. The van der Waals surface area contributed by atoms with E-state index in [0.29, 0.717) is 18.8 Å². The zero-order chi connectivity index (χ0) is 15.9. The second-order valence-corrected chi connectivity index (χ2v) is 6.54. The van der Waals surface area contributed by atoms with E-state index in [2.05, 4.69) is 42.8 Å². The average Bonchev–Trinajstić information content (AvgIpc) is 2.45. The van der Waals surface area contributed by atoms with Crippen LogP contribution in [0.5, 0.6) is 0 Å². The summed E-state index contributed by atoms with van der Waals surface area (Å²) in [5, 5.41) is 13.0. The molecule has 1 aliphatic heterocycles. The molecular weight excluding hydrogens is 266 g/mol. The third-order valence-electron chi connectivity index (χ3n) is 4.53. The number of likely N-dealkylation sites (N-methyl/N-ethyl adjacent to an activating group) is 1. The van der Waals surface area contributed by atoms with E-state index in [4.69, 9.17) is 0 Å². The quantitative estimate of drug-likeness (QED) is 0.675. The fourth-order valence-corrected chi connectivity index (χ4v) is 3.09. The van der Waals surface area contributed by atoms with Gasteiger partial charge in [-0.1, -0.05) is 27.7 Å². The molecule has 2 N–H and O–H groups in total. The molecule has 5 heteroatoms. The van der Waals surface area contributed by atoms with Gasteiger partial charge in [-0.3, -0.25) is 4.79 Å². The molecule has 0 bridgehead atoms. The lowest BCUT2D eigenvalue weighted by Gasteiger charge is -2.40. The van der Waals surface area contributed by atoms with Gasteiger partial charge in [-0.25, -0.2) is 0 Å². The lowest BCUT2D eigenvalue weighted by molar-refractivity contribution is -0.147. The zero-order valence-corrected chi connectivity index (χ0v) is 14.2. The molecule has 0 aliphatic carbocycles. The van der Waals surface area contributed by atoms with Crippen LogP contribution in [0.1, 0.15) is 40.5 Å². The van der Waals surface area contributed by atoms with Crippen molar-refractivity contribution in [3.05, 3.63) is 0 Å². The third kappa shape index (κ3) is 5.57. The molecule has 5 nitrogen and oxygen atoms in total. The van der Waals surface area contributed by atoms with Crippen LogP contribution in [0.15, 0.2) is 0 Å². The number of rotatable bonds is 9. The van der Waals surface area contributed by atoms with Gasteiger partial charge in [0.2, 0.25) is 0 Å². The maximum atomic E-state index is 11.7. The summed E-state index contributed by atoms with van der Waals surface area (Å²) in [7, 11) is 0. The first-order valence-corrected chi connectivity index (χ1v) is 8.36. The summed E-state index contributed by atoms with van der Waals surface area (Å²) in [6.07, 6.45) is 1.40. The van der Waals surface area contributed by atoms with Crippen LogP contribution in [0.2, 0.25) is 0 Å². The molecule has 1 fully saturated rings. The van der Waals surface area contributed by atoms with Crippen molar-refractivity contribution in [3.8, 4) is 0 Å². The SMILES string of the molecule is CCN(CC)CCNC1(C(=O)O)CCN(CC(C)C)CC1. The topological polar surface area (TPSA) is 55.8 Å². The summed E-state index contributed by atoms with van der Waals surface area (Å²) >= 11 is 0. The second kappa shape index (κ2) is 8.71. The molecule has 0 aromatic carbocycles. The van der Waals surface area contributed by atoms with E-state index in [1.54, 1.807) is 0 Å². The number of carbonyl (C=O) groups is 1. The molecule has 1 heterocycles. The van der Waals surface area contributed by atoms with Gasteiger partial charge in [0.15, 0.2) is 0 Å². The van der Waals surface area contributed by atoms with Gasteiger partial charge in [0.05, 0.1) is 0 Å². The number of likely N-dealkylation sites (tertiary alicyclic amines) is 1. The molecule has 0 saturated carbocycles. The van der Waals surface area contributed by atoms with Crippen LogP contribution in [-0.4, -0.2) is 72.2 Å². The van der Waals surface area contributed by atoms with Gasteiger partial charge >= 0.3 is 5.97 Å². The van der Waals surface area contributed by atoms with Gasteiger partial charge in [-0.2, -0.15) is 0 Å². The van der Waals surface area contributed by atoms with Crippen LogP contribution < -0.4 is 5.32 Å². The number of carboxylic acids is 1. The van der Waals surface area contributed by atoms with Crippen LogP contribution in [0.25, 0.3) is 0 Å². The molecule has 1 saturated heterocycles. The summed E-state index contributed by atoms with van der Waals surface area (Å²) < 4.78 is 0. The molecule has 124 valence electrons. The van der Waals surface area contributed by atoms with Crippen molar-refractivity contribution >= 4 is 5.97 Å². The molecule has 0 amide bonds. The van der Waals surface area contributed by atoms with Crippen molar-refractivity contribution in [2.75, 3.05) is 45.8 Å². The van der Waals surface area contributed by atoms with E-state index in [0.717, 1.165) is 45.8 Å². The average molecular weight is 299 g/mol. The van der Waals surface area contributed by atoms with E-state index in [1.165, 1.54) is 0 Å². The second-order valence-electron chi connectivity index (χ2n) is 6.54. The molecule has 1 aliphatic rings. The predicted octanol–water partition coefficient (Wildman–Crippen LogP) is 1.49. The number of aliphatic carboxylic acids is 1. The highest BCUT2D eigenvalue weighted by Crippen LogP contribution is 2.23. The van der Waals surface area contributed by atoms with E-state index in [-0.39, 0.29) is 0 Å². The zero-order valence-electron chi connectivity index (χ0n) is 14.2. The Morgan fingerprint density at radius 3 is 2.29 bits per heavy atom. The molecule has 0 aromatic heterocycles. The Morgan fingerprint density at radius 2 is 1.86 bits per heavy atom. The Balaban J connectivity index is 2.48. The number of nitrogens with zero attached hydrogens (tertiary/aromatic N) is 2. The standard InChI is InChI=1S/C16H33N3O2/c1-5-18(6-2)12-9-17-16(15(20)21)7-10-19(11-8-16)13-14(3)4/h14,17H,5-13H2,1-4H3,(H,20,21). The fourth-order valence-electron chi connectivity index (χ4n) is 3.09. The van der Waals surface area contributed by atoms with Crippen molar-refractivity contribution in [1.29, 1.82) is 0 Å². The number of piperidine rings is 1. The maximum absolute atomic E-state index is 11.7. The minimum Gasteiger partial charge on any atom is -0.480 e. The Hall–Kier alpha value is -0.650. The van der Waals surface area contributed by atoms with E-state index in [9.17, 15) is 9.90 Å². The number of hydrogen-bond donors (Lipinski definition) is 2. The van der Waals surface area contributed by atoms with Crippen molar-refractivity contribution in [3.63, 3.8) is 0 Å². The Morgan fingerprint density at radius 1 is 1.29 bits per heavy atom. The minimum absolute atomic E-state index is 0.637. The third-order valence-corrected chi connectivity index (χ3v) is 4.53. The number of hydrogen-bond acceptors (Lipinski definition) is 4. The highest BCUT2D eigenvalue weighted by Gasteiger charge is 2.40. The summed E-state index contributed by atoms with van der Waals surface area (Å²) in [6, 6.07) is 0. The fraction of sp³-hybridized carbons (Fsp3) is 0.938. The van der Waals surface area contributed by atoms with E-state index in [1.807, 2.05) is 0 Å². The van der Waals surface area contributed by atoms with Crippen LogP contribution in [-0.2, 0) is 4.79 Å². The largest absolute Gasteiger partial charge is 0.480 e. The first-order valence-electron chi connectivity index (χ1n) is 8.36. The van der Waals surface area contributed by atoms with Crippen LogP contribution >= 0.6 is 0 Å². The summed E-state index contributed by atoms with van der Waals surface area (Å²) in [5.74, 6) is -0.0517. The number of nitrogens with one attached hydrogen (secondary N) is 1. The lowest BCUT2D eigenvalue weighted by atomic mass is 9.87. The van der Waals surface area contributed by atoms with Gasteiger partial charge in [0.25, 0.3) is 0 Å². The van der Waals surface area contributed by atoms with Gasteiger partial charge in [0.1, 0.15) is 5.54 Å². The Labute approximate surface area is 129 Å². The van der Waals surface area contributed by atoms with Gasteiger partial charge in [-0.05, 0) is 31.8 Å². The molecule has 0 unspecified atom stereocenters. The van der Waals surface area contributed by atoms with Crippen LogP contribution in [0.4, 0.5) is 0 Å². The molecular formula is C16H33N3O2. The van der Waals surface area contributed by atoms with Crippen molar-refractivity contribution in [2.24, 2.45) is 5.92 Å². The van der Waals surface area contributed by atoms with Crippen molar-refractivity contribution in [2.45, 2.75) is 46.1 Å². The Bertz CT molecular complexity index is 309. The summed E-state index contributed by atoms with van der Waals surface area (Å²) in [5.41, 5.74) is -0.722. The van der Waals surface area contributed by atoms with Gasteiger partial charge < -0.3 is 20.2 Å². The van der Waals surface area contributed by atoms with Crippen molar-refractivity contribution < 1.29 is 9.90 Å². The summed E-state index contributed by atoms with van der Waals surface area (Å²) in [6.45, 7) is 15.2. The highest BCUT2D eigenvalue weighted by atomic mass is 16.4. The smallest absolute Gasteiger partial charge is 0.323 e. The minimum atomic E-state index is -0.722. The molecule has 1 rings (SSSR count). The molecule has 0 radical (unpaired) electrons. The molecule has 21 heavy (non-hydrogen) atoms. The lowest BCUT2D eigenvalue weighted by Crippen LogP contribution is -2.59. The first kappa shape index (κ1) is 18.4. The van der Waals surface area contributed by atoms with E-state index < -0.39 is 11.5 Å². The molecule has 0 aromatic rings. The first-order chi connectivity index (χ1) is 9.93. The van der Waals surface area contributed by atoms with Crippen LogP contribution in [0, 0.1) is 5.92 Å². The van der Waals surface area contributed by atoms with E-state index >= 15 is 0 Å². The van der Waals surface area contributed by atoms with Crippen molar-refractivity contribution in [1.82, 2.24) is 15.1 Å². The van der Waals surface area contributed by atoms with Crippen LogP contribution in [0.3, 0.4) is 0 Å². The molecule has 0 atom stereocenters.